The Hall–Kier alpha value is -1.14. The van der Waals surface area contributed by atoms with Gasteiger partial charge in [-0.15, -0.1) is 0 Å². The molecule has 0 amide bonds. The smallest absolute Gasteiger partial charge is 0.314 e. The average Bonchev–Trinajstić information content (AvgIpc) is 1.99. The summed E-state index contributed by atoms with van der Waals surface area (Å²) >= 11 is 0. The van der Waals surface area contributed by atoms with Crippen molar-refractivity contribution in [3.05, 3.63) is 0 Å². The SMILES string of the molecule is CCCCC(O)O.O=C(O)CC(=O)O. The highest BCUT2D eigenvalue weighted by atomic mass is 16.5. The lowest BCUT2D eigenvalue weighted by Gasteiger charge is -1.97. The highest BCUT2D eigenvalue weighted by Crippen LogP contribution is 1.95. The maximum Gasteiger partial charge on any atom is 0.314 e. The predicted octanol–water partition coefficient (Wildman–Crippen LogP) is 0.0330. The molecule has 0 saturated carbocycles. The standard InChI is InChI=1S/C5H12O2.C3H4O4/c1-2-3-4-5(6)7;4-2(5)1-3(6)7/h5-7H,2-4H2,1H3;1H2,(H,4,5)(H,6,7). The number of rotatable bonds is 5. The van der Waals surface area contributed by atoms with E-state index < -0.39 is 24.6 Å². The second-order valence-electron chi connectivity index (χ2n) is 2.59. The minimum absolute atomic E-state index is 0.510. The fourth-order valence-corrected chi connectivity index (χ4v) is 0.516. The van der Waals surface area contributed by atoms with E-state index in [0.29, 0.717) is 6.42 Å². The van der Waals surface area contributed by atoms with Crippen LogP contribution in [-0.4, -0.2) is 38.7 Å². The van der Waals surface area contributed by atoms with Crippen LogP contribution in [0, 0.1) is 0 Å². The second kappa shape index (κ2) is 9.94. The van der Waals surface area contributed by atoms with Crippen LogP contribution in [0.1, 0.15) is 32.6 Å². The van der Waals surface area contributed by atoms with Crippen LogP contribution in [-0.2, 0) is 9.59 Å². The molecule has 6 nitrogen and oxygen atoms in total. The third-order valence-corrected chi connectivity index (χ3v) is 1.12. The van der Waals surface area contributed by atoms with E-state index in [2.05, 4.69) is 0 Å². The maximum atomic E-state index is 9.43. The van der Waals surface area contributed by atoms with E-state index in [1.54, 1.807) is 0 Å². The lowest BCUT2D eigenvalue weighted by molar-refractivity contribution is -0.147. The molecule has 84 valence electrons. The molecule has 4 N–H and O–H groups in total. The van der Waals surface area contributed by atoms with Crippen LogP contribution in [0.5, 0.6) is 0 Å². The molecule has 0 heterocycles. The molecule has 14 heavy (non-hydrogen) atoms. The Morgan fingerprint density at radius 3 is 1.64 bits per heavy atom. The van der Waals surface area contributed by atoms with Crippen molar-refractivity contribution in [3.8, 4) is 0 Å². The summed E-state index contributed by atoms with van der Waals surface area (Å²) in [5, 5.41) is 31.9. The molecule has 0 saturated heterocycles. The summed E-state index contributed by atoms with van der Waals surface area (Å²) in [4.78, 5) is 18.9. The molecule has 0 aliphatic heterocycles. The van der Waals surface area contributed by atoms with Gasteiger partial charge in [0.25, 0.3) is 0 Å². The van der Waals surface area contributed by atoms with Crippen molar-refractivity contribution in [2.75, 3.05) is 0 Å². The first-order chi connectivity index (χ1) is 6.40. The lowest BCUT2D eigenvalue weighted by Crippen LogP contribution is -2.03. The van der Waals surface area contributed by atoms with E-state index in [1.807, 2.05) is 6.92 Å². The number of carbonyl (C=O) groups is 2. The molecule has 0 fully saturated rings. The van der Waals surface area contributed by atoms with Gasteiger partial charge in [-0.1, -0.05) is 13.3 Å². The van der Waals surface area contributed by atoms with Gasteiger partial charge in [-0.3, -0.25) is 9.59 Å². The Kier molecular flexibility index (Phi) is 10.9. The van der Waals surface area contributed by atoms with Crippen LogP contribution in [0.25, 0.3) is 0 Å². The zero-order valence-corrected chi connectivity index (χ0v) is 8.01. The van der Waals surface area contributed by atoms with Gasteiger partial charge in [0.1, 0.15) is 6.42 Å². The zero-order valence-electron chi connectivity index (χ0n) is 8.01. The number of aliphatic hydroxyl groups is 2. The molecule has 0 aliphatic carbocycles. The molecule has 0 bridgehead atoms. The first kappa shape index (κ1) is 15.3. The Morgan fingerprint density at radius 2 is 1.57 bits per heavy atom. The van der Waals surface area contributed by atoms with Crippen molar-refractivity contribution < 1.29 is 30.0 Å². The number of aliphatic hydroxyl groups excluding tert-OH is 1. The molecular formula is C8H16O6. The molecular weight excluding hydrogens is 192 g/mol. The van der Waals surface area contributed by atoms with Crippen LogP contribution in [0.4, 0.5) is 0 Å². The minimum Gasteiger partial charge on any atom is -0.481 e. The average molecular weight is 208 g/mol. The first-order valence-electron chi connectivity index (χ1n) is 4.19. The highest BCUT2D eigenvalue weighted by Gasteiger charge is 2.01. The van der Waals surface area contributed by atoms with Crippen molar-refractivity contribution in [3.63, 3.8) is 0 Å². The van der Waals surface area contributed by atoms with E-state index in [4.69, 9.17) is 20.4 Å². The summed E-state index contributed by atoms with van der Waals surface area (Å²) in [5.74, 6) is -2.62. The van der Waals surface area contributed by atoms with Gasteiger partial charge < -0.3 is 20.4 Å². The second-order valence-corrected chi connectivity index (χ2v) is 2.59. The summed E-state index contributed by atoms with van der Waals surface area (Å²) in [5.41, 5.74) is 0. The number of aliphatic carboxylic acids is 2. The van der Waals surface area contributed by atoms with Crippen LogP contribution in [0.3, 0.4) is 0 Å². The lowest BCUT2D eigenvalue weighted by atomic mass is 10.2. The summed E-state index contributed by atoms with van der Waals surface area (Å²) in [6.07, 6.45) is 0.533. The van der Waals surface area contributed by atoms with E-state index in [1.165, 1.54) is 0 Å². The molecule has 0 aromatic heterocycles. The molecule has 0 unspecified atom stereocenters. The van der Waals surface area contributed by atoms with Crippen LogP contribution in [0.2, 0.25) is 0 Å². The van der Waals surface area contributed by atoms with Crippen molar-refractivity contribution in [1.82, 2.24) is 0 Å². The van der Waals surface area contributed by atoms with E-state index in [0.717, 1.165) is 12.8 Å². The molecule has 0 aromatic carbocycles. The number of hydrogen-bond donors (Lipinski definition) is 4. The van der Waals surface area contributed by atoms with Gasteiger partial charge in [-0.25, -0.2) is 0 Å². The van der Waals surface area contributed by atoms with Gasteiger partial charge >= 0.3 is 11.9 Å². The monoisotopic (exact) mass is 208 g/mol. The first-order valence-corrected chi connectivity index (χ1v) is 4.19. The number of carboxylic acids is 2. The Bertz CT molecular complexity index is 153. The number of hydrogen-bond acceptors (Lipinski definition) is 4. The van der Waals surface area contributed by atoms with Crippen LogP contribution >= 0.6 is 0 Å². The van der Waals surface area contributed by atoms with Crippen LogP contribution in [0.15, 0.2) is 0 Å². The topological polar surface area (TPSA) is 115 Å². The molecule has 0 spiro atoms. The van der Waals surface area contributed by atoms with Gasteiger partial charge in [0.2, 0.25) is 0 Å². The van der Waals surface area contributed by atoms with Crippen molar-refractivity contribution >= 4 is 11.9 Å². The van der Waals surface area contributed by atoms with Gasteiger partial charge in [0, 0.05) is 0 Å². The maximum absolute atomic E-state index is 9.43. The van der Waals surface area contributed by atoms with Gasteiger partial charge in [0.15, 0.2) is 6.29 Å². The third-order valence-electron chi connectivity index (χ3n) is 1.12. The largest absolute Gasteiger partial charge is 0.481 e. The Morgan fingerprint density at radius 1 is 1.14 bits per heavy atom. The normalized spacial score (nSPS) is 9.14. The molecule has 0 rings (SSSR count). The van der Waals surface area contributed by atoms with E-state index >= 15 is 0 Å². The molecule has 0 aromatic rings. The fourth-order valence-electron chi connectivity index (χ4n) is 0.516. The molecule has 6 heteroatoms. The number of carboxylic acid groups (broad SMARTS) is 2. The van der Waals surface area contributed by atoms with Crippen molar-refractivity contribution in [1.29, 1.82) is 0 Å². The summed E-state index contributed by atoms with van der Waals surface area (Å²) in [6.45, 7) is 2.02. The Balaban J connectivity index is 0. The summed E-state index contributed by atoms with van der Waals surface area (Å²) in [6, 6.07) is 0. The van der Waals surface area contributed by atoms with Crippen molar-refractivity contribution in [2.45, 2.75) is 38.9 Å². The Labute approximate surface area is 81.8 Å². The third kappa shape index (κ3) is 22.4. The molecule has 0 atom stereocenters. The summed E-state index contributed by atoms with van der Waals surface area (Å²) in [7, 11) is 0. The fraction of sp³-hybridized carbons (Fsp3) is 0.750. The zero-order chi connectivity index (χ0) is 11.6. The number of unbranched alkanes of at least 4 members (excludes halogenated alkanes) is 1. The molecule has 0 radical (unpaired) electrons. The highest BCUT2D eigenvalue weighted by molar-refractivity contribution is 5.88. The predicted molar refractivity (Wildman–Crippen MR) is 47.6 cm³/mol. The molecule has 0 aliphatic rings. The minimum atomic E-state index is -1.31. The van der Waals surface area contributed by atoms with Gasteiger partial charge in [0.05, 0.1) is 0 Å². The quantitative estimate of drug-likeness (QED) is 0.374. The summed E-state index contributed by atoms with van der Waals surface area (Å²) < 4.78 is 0. The van der Waals surface area contributed by atoms with Crippen molar-refractivity contribution in [2.24, 2.45) is 0 Å². The van der Waals surface area contributed by atoms with E-state index in [9.17, 15) is 9.59 Å². The van der Waals surface area contributed by atoms with Gasteiger partial charge in [-0.2, -0.15) is 0 Å². The van der Waals surface area contributed by atoms with Crippen LogP contribution < -0.4 is 0 Å². The van der Waals surface area contributed by atoms with Gasteiger partial charge in [-0.05, 0) is 12.8 Å². The van der Waals surface area contributed by atoms with E-state index in [-0.39, 0.29) is 0 Å².